The van der Waals surface area contributed by atoms with E-state index in [1.807, 2.05) is 4.72 Å². The Morgan fingerprint density at radius 3 is 2.67 bits per heavy atom. The van der Waals surface area contributed by atoms with Crippen molar-refractivity contribution in [1.82, 2.24) is 4.72 Å². The SMILES string of the molecule is N#CCNS(=O)(=O)c1cc(F)c(Cl)c(C(=O)O)c1. The van der Waals surface area contributed by atoms with Gasteiger partial charge in [-0.2, -0.15) is 9.98 Å². The van der Waals surface area contributed by atoms with Crippen LogP contribution in [0.15, 0.2) is 17.0 Å². The van der Waals surface area contributed by atoms with Crippen LogP contribution in [-0.2, 0) is 10.0 Å². The van der Waals surface area contributed by atoms with E-state index in [9.17, 15) is 17.6 Å². The van der Waals surface area contributed by atoms with Crippen LogP contribution in [0.2, 0.25) is 5.02 Å². The molecule has 0 aliphatic carbocycles. The predicted molar refractivity (Wildman–Crippen MR) is 59.2 cm³/mol. The summed E-state index contributed by atoms with van der Waals surface area (Å²) in [6, 6.07) is 2.82. The minimum atomic E-state index is -4.15. The first-order valence-corrected chi connectivity index (χ1v) is 6.24. The number of carbonyl (C=O) groups is 1. The van der Waals surface area contributed by atoms with Crippen LogP contribution in [0.25, 0.3) is 0 Å². The number of nitrogens with zero attached hydrogens (tertiary/aromatic N) is 1. The summed E-state index contributed by atoms with van der Waals surface area (Å²) in [5.74, 6) is -2.73. The lowest BCUT2D eigenvalue weighted by Crippen LogP contribution is -2.24. The van der Waals surface area contributed by atoms with E-state index < -0.39 is 43.8 Å². The molecule has 0 saturated heterocycles. The molecule has 0 heterocycles. The summed E-state index contributed by atoms with van der Waals surface area (Å²) in [6.07, 6.45) is 0. The molecule has 0 bridgehead atoms. The third-order valence-corrected chi connectivity index (χ3v) is 3.65. The maximum Gasteiger partial charge on any atom is 0.337 e. The molecule has 0 fully saturated rings. The van der Waals surface area contributed by atoms with E-state index >= 15 is 0 Å². The van der Waals surface area contributed by atoms with Gasteiger partial charge in [-0.25, -0.2) is 17.6 Å². The number of hydrogen-bond acceptors (Lipinski definition) is 4. The van der Waals surface area contributed by atoms with Crippen molar-refractivity contribution in [1.29, 1.82) is 5.26 Å². The number of carboxylic acid groups (broad SMARTS) is 1. The molecule has 0 spiro atoms. The van der Waals surface area contributed by atoms with E-state index in [0.29, 0.717) is 12.1 Å². The fourth-order valence-corrected chi connectivity index (χ4v) is 2.23. The predicted octanol–water partition coefficient (Wildman–Crippen LogP) is 0.979. The Hall–Kier alpha value is -1.69. The topological polar surface area (TPSA) is 107 Å². The third-order valence-electron chi connectivity index (χ3n) is 1.88. The highest BCUT2D eigenvalue weighted by Crippen LogP contribution is 2.24. The first kappa shape index (κ1) is 14.4. The number of nitrogens with one attached hydrogen (secondary N) is 1. The van der Waals surface area contributed by atoms with Crippen molar-refractivity contribution in [3.8, 4) is 6.07 Å². The van der Waals surface area contributed by atoms with Crippen molar-refractivity contribution in [2.24, 2.45) is 0 Å². The number of sulfonamides is 1. The molecule has 0 unspecified atom stereocenters. The first-order chi connectivity index (χ1) is 8.29. The maximum absolute atomic E-state index is 13.3. The van der Waals surface area contributed by atoms with Crippen molar-refractivity contribution in [2.75, 3.05) is 6.54 Å². The number of carboxylic acids is 1. The first-order valence-electron chi connectivity index (χ1n) is 4.38. The summed E-state index contributed by atoms with van der Waals surface area (Å²) in [4.78, 5) is 10.1. The second kappa shape index (κ2) is 5.30. The van der Waals surface area contributed by atoms with Crippen molar-refractivity contribution < 1.29 is 22.7 Å². The lowest BCUT2D eigenvalue weighted by molar-refractivity contribution is 0.0696. The zero-order valence-corrected chi connectivity index (χ0v) is 10.2. The molecular formula is C9H6ClFN2O4S. The van der Waals surface area contributed by atoms with Gasteiger partial charge in [0.1, 0.15) is 5.82 Å². The summed E-state index contributed by atoms with van der Waals surface area (Å²) < 4.78 is 38.3. The molecule has 0 aromatic heterocycles. The monoisotopic (exact) mass is 292 g/mol. The summed E-state index contributed by atoms with van der Waals surface area (Å²) in [7, 11) is -4.15. The van der Waals surface area contributed by atoms with Gasteiger partial charge >= 0.3 is 5.97 Å². The molecule has 9 heteroatoms. The number of halogens is 2. The molecule has 0 aliphatic rings. The average Bonchev–Trinajstić information content (AvgIpc) is 2.29. The lowest BCUT2D eigenvalue weighted by atomic mass is 10.2. The Kier molecular flexibility index (Phi) is 4.24. The van der Waals surface area contributed by atoms with Gasteiger partial charge in [0.2, 0.25) is 10.0 Å². The van der Waals surface area contributed by atoms with Gasteiger partial charge in [-0.1, -0.05) is 11.6 Å². The van der Waals surface area contributed by atoms with Gasteiger partial charge in [-0.15, -0.1) is 0 Å². The molecule has 0 radical (unpaired) electrons. The average molecular weight is 293 g/mol. The van der Waals surface area contributed by atoms with Crippen LogP contribution < -0.4 is 4.72 Å². The Labute approximate surface area is 107 Å². The van der Waals surface area contributed by atoms with Crippen LogP contribution in [0, 0.1) is 17.1 Å². The van der Waals surface area contributed by atoms with Gasteiger partial charge in [0.25, 0.3) is 0 Å². The number of rotatable bonds is 4. The van der Waals surface area contributed by atoms with Crippen molar-refractivity contribution in [2.45, 2.75) is 4.90 Å². The highest BCUT2D eigenvalue weighted by atomic mass is 35.5. The molecule has 6 nitrogen and oxygen atoms in total. The Morgan fingerprint density at radius 1 is 1.56 bits per heavy atom. The molecule has 0 amide bonds. The fourth-order valence-electron chi connectivity index (χ4n) is 1.09. The molecule has 1 aromatic rings. The Bertz CT molecular complexity index is 639. The van der Waals surface area contributed by atoms with Gasteiger partial charge in [0, 0.05) is 0 Å². The number of aromatic carboxylic acids is 1. The zero-order valence-electron chi connectivity index (χ0n) is 8.65. The van der Waals surface area contributed by atoms with Gasteiger partial charge in [0.05, 0.1) is 28.1 Å². The van der Waals surface area contributed by atoms with Gasteiger partial charge in [-0.3, -0.25) is 0 Å². The number of nitriles is 1. The van der Waals surface area contributed by atoms with E-state index in [2.05, 4.69) is 0 Å². The summed E-state index contributed by atoms with van der Waals surface area (Å²) in [5, 5.41) is 16.3. The molecule has 0 atom stereocenters. The van der Waals surface area contributed by atoms with Gasteiger partial charge in [0.15, 0.2) is 0 Å². The molecule has 0 saturated carbocycles. The largest absolute Gasteiger partial charge is 0.478 e. The number of benzene rings is 1. The quantitative estimate of drug-likeness (QED) is 0.804. The van der Waals surface area contributed by atoms with Crippen molar-refractivity contribution in [3.63, 3.8) is 0 Å². The molecule has 96 valence electrons. The Morgan fingerprint density at radius 2 is 2.17 bits per heavy atom. The van der Waals surface area contributed by atoms with E-state index in [1.54, 1.807) is 0 Å². The van der Waals surface area contributed by atoms with Crippen LogP contribution in [0.5, 0.6) is 0 Å². The minimum absolute atomic E-state index is 0.519. The van der Waals surface area contributed by atoms with Crippen LogP contribution in [0.3, 0.4) is 0 Å². The molecule has 18 heavy (non-hydrogen) atoms. The summed E-state index contributed by atoms with van der Waals surface area (Å²) >= 11 is 5.39. The van der Waals surface area contributed by atoms with Gasteiger partial charge in [-0.05, 0) is 12.1 Å². The highest BCUT2D eigenvalue weighted by Gasteiger charge is 2.21. The molecule has 1 aromatic carbocycles. The summed E-state index contributed by atoms with van der Waals surface area (Å²) in [5.41, 5.74) is -0.672. The van der Waals surface area contributed by atoms with E-state index in [4.69, 9.17) is 22.0 Å². The second-order valence-electron chi connectivity index (χ2n) is 3.05. The van der Waals surface area contributed by atoms with E-state index in [0.717, 1.165) is 0 Å². The van der Waals surface area contributed by atoms with Crippen LogP contribution in [0.1, 0.15) is 10.4 Å². The van der Waals surface area contributed by atoms with Crippen molar-refractivity contribution in [3.05, 3.63) is 28.5 Å². The lowest BCUT2D eigenvalue weighted by Gasteiger charge is -2.07. The standard InChI is InChI=1S/C9H6ClFN2O4S/c10-8-6(9(14)15)3-5(4-7(8)11)18(16,17)13-2-1-12/h3-4,13H,2H2,(H,14,15). The fraction of sp³-hybridized carbons (Fsp3) is 0.111. The van der Waals surface area contributed by atoms with Gasteiger partial charge < -0.3 is 5.11 Å². The van der Waals surface area contributed by atoms with Crippen LogP contribution >= 0.6 is 11.6 Å². The summed E-state index contributed by atoms with van der Waals surface area (Å²) in [6.45, 7) is -0.519. The van der Waals surface area contributed by atoms with Crippen LogP contribution in [0.4, 0.5) is 4.39 Å². The molecule has 2 N–H and O–H groups in total. The Balaban J connectivity index is 3.36. The van der Waals surface area contributed by atoms with Crippen molar-refractivity contribution >= 4 is 27.6 Å². The molecule has 1 rings (SSSR count). The second-order valence-corrected chi connectivity index (χ2v) is 5.20. The normalized spacial score (nSPS) is 10.9. The number of hydrogen-bond donors (Lipinski definition) is 2. The van der Waals surface area contributed by atoms with E-state index in [1.165, 1.54) is 6.07 Å². The molecular weight excluding hydrogens is 287 g/mol. The zero-order chi connectivity index (χ0) is 13.9. The molecule has 0 aliphatic heterocycles. The van der Waals surface area contributed by atoms with Crippen LogP contribution in [-0.4, -0.2) is 26.0 Å². The highest BCUT2D eigenvalue weighted by molar-refractivity contribution is 7.89. The van der Waals surface area contributed by atoms with E-state index in [-0.39, 0.29) is 0 Å². The third kappa shape index (κ3) is 2.95. The minimum Gasteiger partial charge on any atom is -0.478 e. The maximum atomic E-state index is 13.3. The smallest absolute Gasteiger partial charge is 0.337 e.